The van der Waals surface area contributed by atoms with Crippen LogP contribution < -0.4 is 5.32 Å². The molecule has 1 N–H and O–H groups in total. The fourth-order valence-electron chi connectivity index (χ4n) is 1.50. The van der Waals surface area contributed by atoms with E-state index in [1.54, 1.807) is 25.1 Å². The minimum atomic E-state index is -0.353. The van der Waals surface area contributed by atoms with Gasteiger partial charge in [-0.15, -0.1) is 0 Å². The van der Waals surface area contributed by atoms with Gasteiger partial charge in [0.1, 0.15) is 12.4 Å². The highest BCUT2D eigenvalue weighted by Gasteiger charge is 2.12. The number of halogens is 1. The number of ether oxygens (including phenoxy) is 1. The summed E-state index contributed by atoms with van der Waals surface area (Å²) in [6.45, 7) is 4.30. The lowest BCUT2D eigenvalue weighted by Crippen LogP contribution is -2.30. The molecular formula is C13H18FNO2. The average molecular weight is 239 g/mol. The zero-order valence-corrected chi connectivity index (χ0v) is 10.2. The van der Waals surface area contributed by atoms with Crippen LogP contribution in [0.4, 0.5) is 4.39 Å². The van der Waals surface area contributed by atoms with Crippen molar-refractivity contribution in [3.63, 3.8) is 0 Å². The number of amides is 1. The van der Waals surface area contributed by atoms with Crippen molar-refractivity contribution in [2.75, 3.05) is 13.2 Å². The second-order valence-electron chi connectivity index (χ2n) is 3.86. The largest absolute Gasteiger partial charge is 0.372 e. The molecule has 0 aliphatic carbocycles. The maximum absolute atomic E-state index is 13.4. The Morgan fingerprint density at radius 3 is 2.82 bits per heavy atom. The van der Waals surface area contributed by atoms with Crippen LogP contribution in [-0.2, 0) is 9.53 Å². The van der Waals surface area contributed by atoms with Gasteiger partial charge in [-0.25, -0.2) is 4.39 Å². The maximum atomic E-state index is 13.4. The van der Waals surface area contributed by atoms with E-state index in [9.17, 15) is 9.18 Å². The second kappa shape index (κ2) is 7.01. The van der Waals surface area contributed by atoms with E-state index in [2.05, 4.69) is 5.32 Å². The Hall–Kier alpha value is -1.42. The number of carbonyl (C=O) groups is 1. The van der Waals surface area contributed by atoms with E-state index < -0.39 is 0 Å². The summed E-state index contributed by atoms with van der Waals surface area (Å²) in [5.74, 6) is -0.538. The molecule has 0 saturated carbocycles. The van der Waals surface area contributed by atoms with E-state index in [4.69, 9.17) is 4.74 Å². The zero-order valence-electron chi connectivity index (χ0n) is 10.2. The van der Waals surface area contributed by atoms with Crippen molar-refractivity contribution >= 4 is 5.91 Å². The van der Waals surface area contributed by atoms with Gasteiger partial charge in [-0.1, -0.05) is 25.1 Å². The van der Waals surface area contributed by atoms with Crippen LogP contribution in [0.15, 0.2) is 24.3 Å². The topological polar surface area (TPSA) is 38.3 Å². The zero-order chi connectivity index (χ0) is 12.7. The monoisotopic (exact) mass is 239 g/mol. The summed E-state index contributed by atoms with van der Waals surface area (Å²) < 4.78 is 18.5. The molecule has 3 nitrogen and oxygen atoms in total. The number of rotatable bonds is 6. The molecule has 1 atom stereocenters. The normalized spacial score (nSPS) is 12.2. The van der Waals surface area contributed by atoms with E-state index in [0.29, 0.717) is 12.2 Å². The summed E-state index contributed by atoms with van der Waals surface area (Å²) in [7, 11) is 0. The molecule has 4 heteroatoms. The van der Waals surface area contributed by atoms with Crippen molar-refractivity contribution in [2.24, 2.45) is 0 Å². The van der Waals surface area contributed by atoms with Crippen molar-refractivity contribution in [2.45, 2.75) is 26.3 Å². The summed E-state index contributed by atoms with van der Waals surface area (Å²) in [5, 5.41) is 2.69. The lowest BCUT2D eigenvalue weighted by atomic mass is 10.1. The summed E-state index contributed by atoms with van der Waals surface area (Å²) in [6, 6.07) is 6.06. The fourth-order valence-corrected chi connectivity index (χ4v) is 1.50. The van der Waals surface area contributed by atoms with Crippen LogP contribution in [-0.4, -0.2) is 19.1 Å². The highest BCUT2D eigenvalue weighted by Crippen LogP contribution is 2.15. The molecule has 1 aromatic carbocycles. The molecule has 17 heavy (non-hydrogen) atoms. The predicted octanol–water partition coefficient (Wildman–Crippen LogP) is 2.43. The SMILES string of the molecule is CCCOCC(=O)N[C@H](C)c1ccccc1F. The number of benzene rings is 1. The molecule has 0 bridgehead atoms. The molecule has 0 aliphatic heterocycles. The van der Waals surface area contributed by atoms with Crippen LogP contribution in [0.3, 0.4) is 0 Å². The van der Waals surface area contributed by atoms with E-state index in [-0.39, 0.29) is 24.4 Å². The van der Waals surface area contributed by atoms with E-state index in [0.717, 1.165) is 6.42 Å². The molecule has 0 saturated heterocycles. The van der Waals surface area contributed by atoms with Crippen molar-refractivity contribution in [1.29, 1.82) is 0 Å². The van der Waals surface area contributed by atoms with Crippen molar-refractivity contribution in [1.82, 2.24) is 5.32 Å². The van der Waals surface area contributed by atoms with Gasteiger partial charge in [0.15, 0.2) is 0 Å². The van der Waals surface area contributed by atoms with Crippen molar-refractivity contribution in [3.05, 3.63) is 35.6 Å². The van der Waals surface area contributed by atoms with Crippen LogP contribution in [0.1, 0.15) is 31.9 Å². The molecule has 0 spiro atoms. The van der Waals surface area contributed by atoms with Gasteiger partial charge < -0.3 is 10.1 Å². The van der Waals surface area contributed by atoms with Gasteiger partial charge in [0.05, 0.1) is 6.04 Å². The number of hydrogen-bond acceptors (Lipinski definition) is 2. The highest BCUT2D eigenvalue weighted by atomic mass is 19.1. The third-order valence-corrected chi connectivity index (χ3v) is 2.33. The van der Waals surface area contributed by atoms with Crippen molar-refractivity contribution < 1.29 is 13.9 Å². The molecule has 1 amide bonds. The molecule has 1 aromatic rings. The van der Waals surface area contributed by atoms with Gasteiger partial charge in [-0.05, 0) is 19.4 Å². The van der Waals surface area contributed by atoms with Gasteiger partial charge >= 0.3 is 0 Å². The smallest absolute Gasteiger partial charge is 0.246 e. The first kappa shape index (κ1) is 13.6. The molecule has 0 radical (unpaired) electrons. The minimum Gasteiger partial charge on any atom is -0.372 e. The van der Waals surface area contributed by atoms with Crippen LogP contribution in [0.2, 0.25) is 0 Å². The molecule has 94 valence electrons. The van der Waals surface area contributed by atoms with Crippen molar-refractivity contribution in [3.8, 4) is 0 Å². The van der Waals surface area contributed by atoms with E-state index in [1.165, 1.54) is 6.07 Å². The first-order valence-corrected chi connectivity index (χ1v) is 5.76. The molecule has 1 rings (SSSR count). The van der Waals surface area contributed by atoms with Crippen LogP contribution in [0, 0.1) is 5.82 Å². The third kappa shape index (κ3) is 4.53. The Bertz CT molecular complexity index is 368. The Kier molecular flexibility index (Phi) is 5.63. The average Bonchev–Trinajstić information content (AvgIpc) is 2.29. The van der Waals surface area contributed by atoms with Gasteiger partial charge in [0, 0.05) is 12.2 Å². The highest BCUT2D eigenvalue weighted by molar-refractivity contribution is 5.77. The Labute approximate surface area is 101 Å². The summed E-state index contributed by atoms with van der Waals surface area (Å²) in [6.07, 6.45) is 0.871. The predicted molar refractivity (Wildman–Crippen MR) is 64.1 cm³/mol. The molecular weight excluding hydrogens is 221 g/mol. The van der Waals surface area contributed by atoms with Crippen LogP contribution in [0.25, 0.3) is 0 Å². The Morgan fingerprint density at radius 1 is 1.47 bits per heavy atom. The number of carbonyl (C=O) groups excluding carboxylic acids is 1. The first-order valence-electron chi connectivity index (χ1n) is 5.76. The third-order valence-electron chi connectivity index (χ3n) is 2.33. The standard InChI is InChI=1S/C13H18FNO2/c1-3-8-17-9-13(16)15-10(2)11-6-4-5-7-12(11)14/h4-7,10H,3,8-9H2,1-2H3,(H,15,16)/t10-/m1/s1. The summed E-state index contributed by atoms with van der Waals surface area (Å²) in [4.78, 5) is 11.5. The Balaban J connectivity index is 2.46. The lowest BCUT2D eigenvalue weighted by molar-refractivity contribution is -0.126. The molecule has 0 fully saturated rings. The minimum absolute atomic E-state index is 0.0205. The van der Waals surface area contributed by atoms with E-state index >= 15 is 0 Å². The number of nitrogens with one attached hydrogen (secondary N) is 1. The van der Waals surface area contributed by atoms with Gasteiger partial charge in [0.2, 0.25) is 5.91 Å². The van der Waals surface area contributed by atoms with Crippen LogP contribution >= 0.6 is 0 Å². The lowest BCUT2D eigenvalue weighted by Gasteiger charge is -2.14. The first-order chi connectivity index (χ1) is 8.15. The Morgan fingerprint density at radius 2 is 2.18 bits per heavy atom. The maximum Gasteiger partial charge on any atom is 0.246 e. The summed E-state index contributed by atoms with van der Waals surface area (Å²) >= 11 is 0. The van der Waals surface area contributed by atoms with E-state index in [1.807, 2.05) is 6.92 Å². The quantitative estimate of drug-likeness (QED) is 0.774. The number of hydrogen-bond donors (Lipinski definition) is 1. The fraction of sp³-hybridized carbons (Fsp3) is 0.462. The van der Waals surface area contributed by atoms with Gasteiger partial charge in [-0.3, -0.25) is 4.79 Å². The molecule has 0 unspecified atom stereocenters. The van der Waals surface area contributed by atoms with Gasteiger partial charge in [-0.2, -0.15) is 0 Å². The van der Waals surface area contributed by atoms with Crippen LogP contribution in [0.5, 0.6) is 0 Å². The second-order valence-corrected chi connectivity index (χ2v) is 3.86. The summed E-state index contributed by atoms with van der Waals surface area (Å²) in [5.41, 5.74) is 0.483. The molecule has 0 aromatic heterocycles. The molecule has 0 heterocycles. The molecule has 0 aliphatic rings. The van der Waals surface area contributed by atoms with Gasteiger partial charge in [0.25, 0.3) is 0 Å².